The Bertz CT molecular complexity index is 359. The fraction of sp³-hybridized carbons (Fsp3) is 0.538. The summed E-state index contributed by atoms with van der Waals surface area (Å²) in [5, 5.41) is 19.2. The molecule has 2 N–H and O–H groups in total. The molecule has 0 aliphatic heterocycles. The molecule has 0 heterocycles. The molecule has 1 aromatic rings. The molecule has 0 saturated carbocycles. The molecular formula is C13H17F3O2. The van der Waals surface area contributed by atoms with E-state index in [9.17, 15) is 23.4 Å². The van der Waals surface area contributed by atoms with Gasteiger partial charge in [0.1, 0.15) is 0 Å². The lowest BCUT2D eigenvalue weighted by molar-refractivity contribution is -0.137. The van der Waals surface area contributed by atoms with Gasteiger partial charge in [-0.1, -0.05) is 25.5 Å². The summed E-state index contributed by atoms with van der Waals surface area (Å²) >= 11 is 0. The second-order valence-corrected chi connectivity index (χ2v) is 4.32. The van der Waals surface area contributed by atoms with Crippen LogP contribution in [0, 0.1) is 0 Å². The Morgan fingerprint density at radius 1 is 1.06 bits per heavy atom. The Morgan fingerprint density at radius 2 is 1.61 bits per heavy atom. The lowest BCUT2D eigenvalue weighted by Crippen LogP contribution is -2.27. The summed E-state index contributed by atoms with van der Waals surface area (Å²) in [6, 6.07) is 4.61. The monoisotopic (exact) mass is 262 g/mol. The van der Waals surface area contributed by atoms with Crippen molar-refractivity contribution in [2.45, 2.75) is 44.6 Å². The third-order valence-electron chi connectivity index (χ3n) is 2.75. The van der Waals surface area contributed by atoms with Gasteiger partial charge < -0.3 is 10.2 Å². The number of alkyl halides is 3. The van der Waals surface area contributed by atoms with Crippen molar-refractivity contribution >= 4 is 0 Å². The van der Waals surface area contributed by atoms with Crippen molar-refractivity contribution in [2.24, 2.45) is 0 Å². The highest BCUT2D eigenvalue weighted by molar-refractivity contribution is 5.25. The van der Waals surface area contributed by atoms with Crippen LogP contribution in [-0.2, 0) is 12.6 Å². The summed E-state index contributed by atoms with van der Waals surface area (Å²) in [5.41, 5.74) is -0.138. The Labute approximate surface area is 104 Å². The molecule has 2 atom stereocenters. The predicted octanol–water partition coefficient (Wildman–Crippen LogP) is 2.77. The van der Waals surface area contributed by atoms with Crippen LogP contribution in [0.4, 0.5) is 13.2 Å². The van der Waals surface area contributed by atoms with Gasteiger partial charge in [-0.3, -0.25) is 0 Å². The normalized spacial score (nSPS) is 15.4. The van der Waals surface area contributed by atoms with E-state index < -0.39 is 23.9 Å². The molecule has 0 aliphatic rings. The van der Waals surface area contributed by atoms with E-state index in [2.05, 4.69) is 0 Å². The minimum Gasteiger partial charge on any atom is -0.390 e. The molecule has 0 saturated heterocycles. The van der Waals surface area contributed by atoms with E-state index in [-0.39, 0.29) is 6.42 Å². The maximum atomic E-state index is 12.3. The number of benzene rings is 1. The fourth-order valence-corrected chi connectivity index (χ4v) is 1.70. The lowest BCUT2D eigenvalue weighted by atomic mass is 10.00. The predicted molar refractivity (Wildman–Crippen MR) is 62.1 cm³/mol. The first-order valence-electron chi connectivity index (χ1n) is 5.87. The summed E-state index contributed by atoms with van der Waals surface area (Å²) in [6.45, 7) is 1.88. The van der Waals surface area contributed by atoms with Crippen molar-refractivity contribution < 1.29 is 23.4 Å². The van der Waals surface area contributed by atoms with E-state index >= 15 is 0 Å². The third kappa shape index (κ3) is 4.31. The van der Waals surface area contributed by atoms with E-state index in [4.69, 9.17) is 0 Å². The molecule has 102 valence electrons. The van der Waals surface area contributed by atoms with Gasteiger partial charge in [-0.15, -0.1) is 0 Å². The molecule has 0 radical (unpaired) electrons. The standard InChI is InChI=1S/C13H17F3O2/c1-2-3-11(17)12(18)8-9-4-6-10(7-5-9)13(14,15)16/h4-7,11-12,17-18H,2-3,8H2,1H3. The van der Waals surface area contributed by atoms with Gasteiger partial charge in [-0.25, -0.2) is 0 Å². The van der Waals surface area contributed by atoms with Gasteiger partial charge >= 0.3 is 6.18 Å². The molecular weight excluding hydrogens is 245 g/mol. The summed E-state index contributed by atoms with van der Waals surface area (Å²) in [4.78, 5) is 0. The number of halogens is 3. The molecule has 0 bridgehead atoms. The van der Waals surface area contributed by atoms with Crippen molar-refractivity contribution in [2.75, 3.05) is 0 Å². The average Bonchev–Trinajstić information content (AvgIpc) is 2.28. The van der Waals surface area contributed by atoms with Crippen LogP contribution in [0.15, 0.2) is 24.3 Å². The molecule has 0 aliphatic carbocycles. The van der Waals surface area contributed by atoms with Gasteiger partial charge in [0.25, 0.3) is 0 Å². The molecule has 2 nitrogen and oxygen atoms in total. The third-order valence-corrected chi connectivity index (χ3v) is 2.75. The first-order valence-corrected chi connectivity index (χ1v) is 5.87. The van der Waals surface area contributed by atoms with Crippen LogP contribution >= 0.6 is 0 Å². The van der Waals surface area contributed by atoms with Crippen molar-refractivity contribution in [1.29, 1.82) is 0 Å². The minimum atomic E-state index is -4.35. The van der Waals surface area contributed by atoms with Crippen LogP contribution in [0.5, 0.6) is 0 Å². The highest BCUT2D eigenvalue weighted by Gasteiger charge is 2.30. The highest BCUT2D eigenvalue weighted by atomic mass is 19.4. The first-order chi connectivity index (χ1) is 8.34. The van der Waals surface area contributed by atoms with Crippen LogP contribution in [0.25, 0.3) is 0 Å². The van der Waals surface area contributed by atoms with Crippen LogP contribution in [-0.4, -0.2) is 22.4 Å². The largest absolute Gasteiger partial charge is 0.416 e. The van der Waals surface area contributed by atoms with Gasteiger partial charge in [0.15, 0.2) is 0 Å². The minimum absolute atomic E-state index is 0.152. The van der Waals surface area contributed by atoms with Crippen LogP contribution < -0.4 is 0 Å². The van der Waals surface area contributed by atoms with Crippen molar-refractivity contribution in [3.63, 3.8) is 0 Å². The lowest BCUT2D eigenvalue weighted by Gasteiger charge is -2.17. The SMILES string of the molecule is CCCC(O)C(O)Cc1ccc(C(F)(F)F)cc1. The van der Waals surface area contributed by atoms with Crippen LogP contribution in [0.3, 0.4) is 0 Å². The van der Waals surface area contributed by atoms with E-state index in [1.165, 1.54) is 12.1 Å². The summed E-state index contributed by atoms with van der Waals surface area (Å²) in [7, 11) is 0. The van der Waals surface area contributed by atoms with Crippen molar-refractivity contribution in [3.05, 3.63) is 35.4 Å². The van der Waals surface area contributed by atoms with Crippen molar-refractivity contribution in [1.82, 2.24) is 0 Å². The second kappa shape index (κ2) is 6.20. The summed E-state index contributed by atoms with van der Waals surface area (Å²) in [6.07, 6.45) is -4.76. The summed E-state index contributed by atoms with van der Waals surface area (Å²) < 4.78 is 37.0. The van der Waals surface area contributed by atoms with Crippen molar-refractivity contribution in [3.8, 4) is 0 Å². The number of aliphatic hydroxyl groups excluding tert-OH is 2. The number of hydrogen-bond acceptors (Lipinski definition) is 2. The quantitative estimate of drug-likeness (QED) is 0.856. The molecule has 0 fully saturated rings. The fourth-order valence-electron chi connectivity index (χ4n) is 1.70. The zero-order valence-corrected chi connectivity index (χ0v) is 10.1. The number of hydrogen-bond donors (Lipinski definition) is 2. The highest BCUT2D eigenvalue weighted by Crippen LogP contribution is 2.29. The van der Waals surface area contributed by atoms with Gasteiger partial charge in [-0.05, 0) is 24.1 Å². The Hall–Kier alpha value is -1.07. The topological polar surface area (TPSA) is 40.5 Å². The number of rotatable bonds is 5. The van der Waals surface area contributed by atoms with E-state index in [0.29, 0.717) is 12.0 Å². The smallest absolute Gasteiger partial charge is 0.390 e. The van der Waals surface area contributed by atoms with E-state index in [1.54, 1.807) is 0 Å². The van der Waals surface area contributed by atoms with Gasteiger partial charge in [0.05, 0.1) is 17.8 Å². The second-order valence-electron chi connectivity index (χ2n) is 4.32. The zero-order chi connectivity index (χ0) is 13.8. The van der Waals surface area contributed by atoms with E-state index in [0.717, 1.165) is 18.6 Å². The molecule has 18 heavy (non-hydrogen) atoms. The Morgan fingerprint density at radius 3 is 2.06 bits per heavy atom. The van der Waals surface area contributed by atoms with Gasteiger partial charge in [0.2, 0.25) is 0 Å². The molecule has 5 heteroatoms. The van der Waals surface area contributed by atoms with Crippen LogP contribution in [0.1, 0.15) is 30.9 Å². The molecule has 1 rings (SSSR count). The van der Waals surface area contributed by atoms with E-state index in [1.807, 2.05) is 6.92 Å². The van der Waals surface area contributed by atoms with Gasteiger partial charge in [-0.2, -0.15) is 13.2 Å². The zero-order valence-electron chi connectivity index (χ0n) is 10.1. The summed E-state index contributed by atoms with van der Waals surface area (Å²) in [5.74, 6) is 0. The van der Waals surface area contributed by atoms with Crippen LogP contribution in [0.2, 0.25) is 0 Å². The van der Waals surface area contributed by atoms with Gasteiger partial charge in [0, 0.05) is 6.42 Å². The molecule has 1 aromatic carbocycles. The molecule has 0 aromatic heterocycles. The molecule has 0 spiro atoms. The first kappa shape index (κ1) is 15.0. The molecule has 2 unspecified atom stereocenters. The number of aliphatic hydroxyl groups is 2. The average molecular weight is 262 g/mol. The Balaban J connectivity index is 2.64. The molecule has 0 amide bonds. The maximum absolute atomic E-state index is 12.3. The Kier molecular flexibility index (Phi) is 5.16. The maximum Gasteiger partial charge on any atom is 0.416 e.